The molecule has 8 nitrogen and oxygen atoms in total. The minimum absolute atomic E-state index is 0.280. The van der Waals surface area contributed by atoms with E-state index in [-0.39, 0.29) is 6.61 Å². The van der Waals surface area contributed by atoms with Gasteiger partial charge in [0.25, 0.3) is 0 Å². The molecule has 0 bridgehead atoms. The summed E-state index contributed by atoms with van der Waals surface area (Å²) in [4.78, 5) is 25.8. The zero-order chi connectivity index (χ0) is 20.8. The smallest absolute Gasteiger partial charge is 0.341 e. The minimum Gasteiger partial charge on any atom is -0.493 e. The van der Waals surface area contributed by atoms with Crippen molar-refractivity contribution in [2.45, 2.75) is 26.2 Å². The lowest BCUT2D eigenvalue weighted by molar-refractivity contribution is 0.0527. The van der Waals surface area contributed by atoms with Crippen molar-refractivity contribution in [2.75, 3.05) is 26.1 Å². The van der Waals surface area contributed by atoms with Crippen LogP contribution in [-0.4, -0.2) is 39.0 Å². The topological polar surface area (TPSA) is 98.2 Å². The molecule has 3 rings (SSSR count). The molecule has 1 aliphatic rings. The van der Waals surface area contributed by atoms with Gasteiger partial charge in [-0.3, -0.25) is 5.32 Å². The second-order valence-electron chi connectivity index (χ2n) is 6.19. The Hall–Kier alpha value is -3.07. The molecule has 2 amide bonds. The maximum absolute atomic E-state index is 12.4. The molecule has 0 aliphatic heterocycles. The van der Waals surface area contributed by atoms with Crippen molar-refractivity contribution >= 4 is 34.6 Å². The zero-order valence-electron chi connectivity index (χ0n) is 16.5. The number of amides is 2. The van der Waals surface area contributed by atoms with Crippen molar-refractivity contribution in [2.24, 2.45) is 5.10 Å². The summed E-state index contributed by atoms with van der Waals surface area (Å²) in [5.41, 5.74) is 4.49. The number of aryl methyl sites for hydroxylation is 1. The van der Waals surface area contributed by atoms with E-state index in [4.69, 9.17) is 14.2 Å². The number of esters is 1. The van der Waals surface area contributed by atoms with Crippen LogP contribution in [-0.2, 0) is 17.6 Å². The van der Waals surface area contributed by atoms with Crippen LogP contribution in [0.4, 0.5) is 9.80 Å². The number of carbonyl (C=O) groups excluding carboxylic acids is 2. The highest BCUT2D eigenvalue weighted by Gasteiger charge is 2.28. The number of ether oxygens (including phenoxy) is 3. The summed E-state index contributed by atoms with van der Waals surface area (Å²) in [6.45, 7) is 2.04. The van der Waals surface area contributed by atoms with Crippen LogP contribution in [0, 0.1) is 0 Å². The van der Waals surface area contributed by atoms with Crippen LogP contribution in [0.25, 0.3) is 0 Å². The largest absolute Gasteiger partial charge is 0.493 e. The summed E-state index contributed by atoms with van der Waals surface area (Å²) in [7, 11) is 3.08. The highest BCUT2D eigenvalue weighted by Crippen LogP contribution is 2.39. The highest BCUT2D eigenvalue weighted by molar-refractivity contribution is 7.17. The third kappa shape index (κ3) is 4.51. The van der Waals surface area contributed by atoms with Crippen molar-refractivity contribution in [3.63, 3.8) is 0 Å². The van der Waals surface area contributed by atoms with E-state index in [2.05, 4.69) is 15.8 Å². The van der Waals surface area contributed by atoms with E-state index in [0.29, 0.717) is 27.6 Å². The number of rotatable bonds is 7. The van der Waals surface area contributed by atoms with Crippen molar-refractivity contribution in [1.82, 2.24) is 5.43 Å². The van der Waals surface area contributed by atoms with Gasteiger partial charge in [0.05, 0.1) is 32.6 Å². The van der Waals surface area contributed by atoms with Crippen LogP contribution < -0.4 is 20.2 Å². The number of hydrogen-bond donors (Lipinski definition) is 2. The number of methoxy groups -OCH3 is 2. The molecule has 0 saturated heterocycles. The molecule has 0 atom stereocenters. The number of anilines is 1. The third-order valence-electron chi connectivity index (χ3n) is 4.43. The summed E-state index contributed by atoms with van der Waals surface area (Å²) in [5.74, 6) is 0.667. The Balaban J connectivity index is 1.71. The van der Waals surface area contributed by atoms with E-state index < -0.39 is 12.0 Å². The number of nitrogens with one attached hydrogen (secondary N) is 2. The van der Waals surface area contributed by atoms with Crippen LogP contribution >= 0.6 is 11.3 Å². The average Bonchev–Trinajstić information content (AvgIpc) is 3.28. The molecule has 1 aromatic carbocycles. The van der Waals surface area contributed by atoms with Crippen LogP contribution in [0.1, 0.15) is 39.7 Å². The van der Waals surface area contributed by atoms with Gasteiger partial charge in [-0.15, -0.1) is 11.3 Å². The molecule has 1 aromatic heterocycles. The summed E-state index contributed by atoms with van der Waals surface area (Å²) in [5, 5.41) is 7.16. The van der Waals surface area contributed by atoms with Gasteiger partial charge in [0.1, 0.15) is 5.00 Å². The van der Waals surface area contributed by atoms with Crippen molar-refractivity contribution in [3.05, 3.63) is 39.8 Å². The summed E-state index contributed by atoms with van der Waals surface area (Å²) in [6.07, 6.45) is 4.19. The monoisotopic (exact) mass is 417 g/mol. The molecule has 9 heteroatoms. The number of urea groups is 1. The van der Waals surface area contributed by atoms with Gasteiger partial charge in [0, 0.05) is 10.4 Å². The van der Waals surface area contributed by atoms with Gasteiger partial charge in [-0.05, 0) is 43.9 Å². The predicted octanol–water partition coefficient (Wildman–Crippen LogP) is 3.59. The summed E-state index contributed by atoms with van der Waals surface area (Å²) in [6, 6.07) is 4.80. The number of benzene rings is 1. The van der Waals surface area contributed by atoms with Gasteiger partial charge in [-0.2, -0.15) is 5.10 Å². The number of fused-ring (bicyclic) bond motifs is 1. The third-order valence-corrected chi connectivity index (χ3v) is 5.64. The number of hydrazone groups is 1. The first-order valence-electron chi connectivity index (χ1n) is 9.21. The molecule has 1 aliphatic carbocycles. The number of hydrogen-bond acceptors (Lipinski definition) is 7. The quantitative estimate of drug-likeness (QED) is 0.408. The van der Waals surface area contributed by atoms with Gasteiger partial charge in [0.15, 0.2) is 11.5 Å². The van der Waals surface area contributed by atoms with E-state index >= 15 is 0 Å². The molecule has 2 N–H and O–H groups in total. The standard InChI is InChI=1S/C20H23N3O5S/c1-4-28-19(24)16-13-8-6-10-15(13)29-18(16)22-20(25)23-21-11-12-7-5-9-14(26-2)17(12)27-3/h5,7,9,11H,4,6,8,10H2,1-3H3,(H2,22,23,25). The number of nitrogens with zero attached hydrogens (tertiary/aromatic N) is 1. The van der Waals surface area contributed by atoms with Gasteiger partial charge < -0.3 is 14.2 Å². The molecule has 0 radical (unpaired) electrons. The predicted molar refractivity (Wildman–Crippen MR) is 112 cm³/mol. The molecule has 29 heavy (non-hydrogen) atoms. The van der Waals surface area contributed by atoms with Crippen molar-refractivity contribution in [1.29, 1.82) is 0 Å². The Morgan fingerprint density at radius 1 is 1.24 bits per heavy atom. The average molecular weight is 417 g/mol. The van der Waals surface area contributed by atoms with E-state index in [9.17, 15) is 9.59 Å². The van der Waals surface area contributed by atoms with E-state index in [1.807, 2.05) is 0 Å². The lowest BCUT2D eigenvalue weighted by Gasteiger charge is -2.09. The van der Waals surface area contributed by atoms with Gasteiger partial charge in [-0.1, -0.05) is 6.07 Å². The second kappa shape index (κ2) is 9.42. The highest BCUT2D eigenvalue weighted by atomic mass is 32.1. The normalized spacial score (nSPS) is 12.5. The lowest BCUT2D eigenvalue weighted by Crippen LogP contribution is -2.25. The maximum Gasteiger partial charge on any atom is 0.341 e. The Morgan fingerprint density at radius 2 is 2.07 bits per heavy atom. The summed E-state index contributed by atoms with van der Waals surface area (Å²) >= 11 is 1.41. The molecule has 0 saturated carbocycles. The molecule has 0 fully saturated rings. The number of thiophene rings is 1. The van der Waals surface area contributed by atoms with Crippen molar-refractivity contribution < 1.29 is 23.8 Å². The van der Waals surface area contributed by atoms with Gasteiger partial charge in [0.2, 0.25) is 0 Å². The van der Waals surface area contributed by atoms with Crippen LogP contribution in [0.2, 0.25) is 0 Å². The van der Waals surface area contributed by atoms with Crippen LogP contribution in [0.15, 0.2) is 23.3 Å². The first kappa shape index (κ1) is 20.7. The fraction of sp³-hybridized carbons (Fsp3) is 0.350. The fourth-order valence-electron chi connectivity index (χ4n) is 3.22. The molecular formula is C20H23N3O5S. The molecule has 0 spiro atoms. The molecule has 1 heterocycles. The maximum atomic E-state index is 12.4. The van der Waals surface area contributed by atoms with E-state index in [1.165, 1.54) is 24.7 Å². The number of carbonyl (C=O) groups is 2. The fourth-order valence-corrected chi connectivity index (χ4v) is 4.49. The molecular weight excluding hydrogens is 394 g/mol. The first-order chi connectivity index (χ1) is 14.1. The molecule has 154 valence electrons. The molecule has 2 aromatic rings. The van der Waals surface area contributed by atoms with Crippen LogP contribution in [0.3, 0.4) is 0 Å². The Morgan fingerprint density at radius 3 is 2.79 bits per heavy atom. The number of para-hydroxylation sites is 1. The van der Waals surface area contributed by atoms with Gasteiger partial charge in [-0.25, -0.2) is 15.0 Å². The summed E-state index contributed by atoms with van der Waals surface area (Å²) < 4.78 is 15.7. The van der Waals surface area contributed by atoms with Crippen molar-refractivity contribution in [3.8, 4) is 11.5 Å². The molecule has 0 unspecified atom stereocenters. The minimum atomic E-state index is -0.548. The SMILES string of the molecule is CCOC(=O)c1c(NC(=O)NN=Cc2cccc(OC)c2OC)sc2c1CCC2. The first-order valence-corrected chi connectivity index (χ1v) is 10.0. The van der Waals surface area contributed by atoms with E-state index in [0.717, 1.165) is 29.7 Å². The Labute approximate surface area is 172 Å². The Bertz CT molecular complexity index is 938. The lowest BCUT2D eigenvalue weighted by atomic mass is 10.1. The van der Waals surface area contributed by atoms with Gasteiger partial charge >= 0.3 is 12.0 Å². The zero-order valence-corrected chi connectivity index (χ0v) is 17.4. The van der Waals surface area contributed by atoms with Crippen LogP contribution in [0.5, 0.6) is 11.5 Å². The second-order valence-corrected chi connectivity index (χ2v) is 7.29. The Kier molecular flexibility index (Phi) is 6.71. The van der Waals surface area contributed by atoms with E-state index in [1.54, 1.807) is 32.2 Å².